The number of hydrogen-bond donors (Lipinski definition) is 0. The normalized spacial score (nSPS) is 6.67. The second kappa shape index (κ2) is 3.08. The number of rotatable bonds is 0. The third-order valence-corrected chi connectivity index (χ3v) is 0.455. The summed E-state index contributed by atoms with van der Waals surface area (Å²) in [6.07, 6.45) is 3.50. The van der Waals surface area contributed by atoms with Gasteiger partial charge in [-0.15, -0.1) is 0 Å². The van der Waals surface area contributed by atoms with Gasteiger partial charge in [-0.1, -0.05) is 12.1 Å². The molecular formula is C4H4LiN. The third-order valence-electron chi connectivity index (χ3n) is 0.455. The van der Waals surface area contributed by atoms with Crippen LogP contribution in [-0.2, 0) is 0 Å². The van der Waals surface area contributed by atoms with E-state index in [0.29, 0.717) is 0 Å². The van der Waals surface area contributed by atoms with Crippen LogP contribution in [0.4, 0.5) is 0 Å². The second-order valence-corrected chi connectivity index (χ2v) is 0.832. The molecule has 0 unspecified atom stereocenters. The van der Waals surface area contributed by atoms with Crippen LogP contribution in [-0.4, -0.2) is 0 Å². The smallest absolute Gasteiger partial charge is 0.670 e. The molecule has 0 amide bonds. The number of aromatic nitrogens is 1. The van der Waals surface area contributed by atoms with Gasteiger partial charge in [0.1, 0.15) is 0 Å². The maximum absolute atomic E-state index is 3.72. The molecule has 1 nitrogen and oxygen atoms in total. The van der Waals surface area contributed by atoms with Gasteiger partial charge in [0.2, 0.25) is 0 Å². The van der Waals surface area contributed by atoms with E-state index in [4.69, 9.17) is 0 Å². The van der Waals surface area contributed by atoms with Crippen molar-refractivity contribution in [1.82, 2.24) is 4.98 Å². The molecule has 6 heavy (non-hydrogen) atoms. The van der Waals surface area contributed by atoms with Crippen molar-refractivity contribution in [2.75, 3.05) is 0 Å². The SMILES string of the molecule is [58Li+].c1cc[n-]c1. The van der Waals surface area contributed by atoms with E-state index in [9.17, 15) is 0 Å². The van der Waals surface area contributed by atoms with E-state index in [0.717, 1.165) is 0 Å². The van der Waals surface area contributed by atoms with Gasteiger partial charge in [0.25, 0.3) is 0 Å². The fourth-order valence-corrected chi connectivity index (χ4v) is 0.248. The molecular weight excluding hydrogens is 120 g/mol. The summed E-state index contributed by atoms with van der Waals surface area (Å²) in [7, 11) is 0. The molecule has 1 aromatic rings. The van der Waals surface area contributed by atoms with Gasteiger partial charge in [-0.05, 0) is 0 Å². The monoisotopic (exact) mass is 124 g/mol. The predicted octanol–water partition coefficient (Wildman–Crippen LogP) is -2.35. The summed E-state index contributed by atoms with van der Waals surface area (Å²) in [4.78, 5) is 3.72. The molecule has 26 valence electrons. The van der Waals surface area contributed by atoms with Crippen molar-refractivity contribution in [2.24, 2.45) is 0 Å². The molecule has 1 aromatic heterocycles. The molecule has 0 aliphatic rings. The van der Waals surface area contributed by atoms with Gasteiger partial charge in [0.15, 0.2) is 0 Å². The van der Waals surface area contributed by atoms with Crippen LogP contribution < -0.4 is 23.8 Å². The van der Waals surface area contributed by atoms with E-state index in [1.165, 1.54) is 0 Å². The van der Waals surface area contributed by atoms with Crippen LogP contribution in [0.25, 0.3) is 0 Å². The maximum Gasteiger partial charge on any atom is 1.00 e. The molecule has 2 heteroatoms. The van der Waals surface area contributed by atoms with Crippen LogP contribution in [0.5, 0.6) is 0 Å². The molecule has 0 bridgehead atoms. The van der Waals surface area contributed by atoms with E-state index >= 15 is 0 Å². The molecule has 0 aliphatic carbocycles. The van der Waals surface area contributed by atoms with Crippen LogP contribution in [0, 0.1) is 0 Å². The number of hydrogen-bond acceptors (Lipinski definition) is 0. The predicted molar refractivity (Wildman–Crippen MR) is 19.8 cm³/mol. The van der Waals surface area contributed by atoms with Crippen molar-refractivity contribution in [1.29, 1.82) is 0 Å². The molecule has 0 radical (unpaired) electrons. The Balaban J connectivity index is 0.000000250. The Morgan fingerprint density at radius 3 is 1.67 bits per heavy atom. The molecule has 0 saturated carbocycles. The van der Waals surface area contributed by atoms with Crippen LogP contribution >= 0.6 is 0 Å². The van der Waals surface area contributed by atoms with Crippen LogP contribution in [0.15, 0.2) is 24.5 Å². The summed E-state index contributed by atoms with van der Waals surface area (Å²) in [6, 6.07) is 3.78. The Hall–Kier alpha value is -0.123. The Labute approximate surface area is 48.9 Å². The van der Waals surface area contributed by atoms with E-state index < -0.39 is 0 Å². The molecule has 0 fully saturated rings. The zero-order valence-electron chi connectivity index (χ0n) is 3.76. The summed E-state index contributed by atoms with van der Waals surface area (Å²) in [5.41, 5.74) is 0. The minimum absolute atomic E-state index is 0. The first-order valence-corrected chi connectivity index (χ1v) is 1.52. The van der Waals surface area contributed by atoms with Crippen LogP contribution in [0.1, 0.15) is 0 Å². The zero-order valence-corrected chi connectivity index (χ0v) is 3.76. The van der Waals surface area contributed by atoms with Crippen LogP contribution in [0.2, 0.25) is 0 Å². The first-order chi connectivity index (χ1) is 2.50. The van der Waals surface area contributed by atoms with E-state index in [2.05, 4.69) is 4.98 Å². The molecule has 1 rings (SSSR count). The van der Waals surface area contributed by atoms with Crippen molar-refractivity contribution in [3.8, 4) is 0 Å². The van der Waals surface area contributed by atoms with Gasteiger partial charge in [0.05, 0.1) is 0 Å². The fourth-order valence-electron chi connectivity index (χ4n) is 0.248. The van der Waals surface area contributed by atoms with Crippen molar-refractivity contribution in [2.45, 2.75) is 0 Å². The van der Waals surface area contributed by atoms with E-state index in [1.807, 2.05) is 12.1 Å². The van der Waals surface area contributed by atoms with Gasteiger partial charge >= 0.3 is 18.9 Å². The zero-order chi connectivity index (χ0) is 3.54. The first kappa shape index (κ1) is 5.88. The summed E-state index contributed by atoms with van der Waals surface area (Å²) in [5.74, 6) is 0. The minimum Gasteiger partial charge on any atom is -0.670 e. The Kier molecular flexibility index (Phi) is 3.02. The van der Waals surface area contributed by atoms with Crippen molar-refractivity contribution in [3.05, 3.63) is 24.5 Å². The summed E-state index contributed by atoms with van der Waals surface area (Å²) in [6.45, 7) is 0. The Morgan fingerprint density at radius 2 is 1.50 bits per heavy atom. The van der Waals surface area contributed by atoms with Crippen molar-refractivity contribution < 1.29 is 18.9 Å². The molecule has 0 N–H and O–H groups in total. The standard InChI is InChI=1S/C4H4N.Li/c1-2-4-5-3-1;/h1-4H;/q-1;+1/i;1+51. The van der Waals surface area contributed by atoms with Gasteiger partial charge in [-0.25, -0.2) is 0 Å². The van der Waals surface area contributed by atoms with E-state index in [-0.39, 0.29) is 18.9 Å². The molecule has 0 aromatic carbocycles. The fraction of sp³-hybridized carbons (Fsp3) is 0. The van der Waals surface area contributed by atoms with Crippen molar-refractivity contribution in [3.63, 3.8) is 0 Å². The van der Waals surface area contributed by atoms with Gasteiger partial charge in [-0.2, -0.15) is 12.4 Å². The summed E-state index contributed by atoms with van der Waals surface area (Å²) >= 11 is 0. The van der Waals surface area contributed by atoms with Crippen LogP contribution in [0.3, 0.4) is 0 Å². The molecule has 0 saturated heterocycles. The average Bonchev–Trinajstić information content (AvgIpc) is 1.76. The Bertz CT molecular complexity index is 64.0. The summed E-state index contributed by atoms with van der Waals surface area (Å²) < 4.78 is 0. The largest absolute Gasteiger partial charge is 1.00 e. The molecule has 0 atom stereocenters. The van der Waals surface area contributed by atoms with E-state index in [1.54, 1.807) is 12.4 Å². The Morgan fingerprint density at radius 1 is 1.00 bits per heavy atom. The molecule has 0 spiro atoms. The third kappa shape index (κ3) is 1.35. The number of nitrogens with zero attached hydrogens (tertiary/aromatic N) is 1. The van der Waals surface area contributed by atoms with Gasteiger partial charge in [-0.3, -0.25) is 0 Å². The molecule has 1 heterocycles. The maximum atomic E-state index is 3.72. The minimum atomic E-state index is 0. The van der Waals surface area contributed by atoms with Gasteiger partial charge < -0.3 is 4.98 Å². The topological polar surface area (TPSA) is 14.1 Å². The van der Waals surface area contributed by atoms with Crippen molar-refractivity contribution >= 4 is 0 Å². The molecule has 0 aliphatic heterocycles. The van der Waals surface area contributed by atoms with Gasteiger partial charge in [0, 0.05) is 0 Å². The average molecular weight is 124 g/mol. The first-order valence-electron chi connectivity index (χ1n) is 1.52. The second-order valence-electron chi connectivity index (χ2n) is 0.832. The summed E-state index contributed by atoms with van der Waals surface area (Å²) in [5, 5.41) is 0. The quantitative estimate of drug-likeness (QED) is 0.353.